The van der Waals surface area contributed by atoms with E-state index in [1.165, 1.54) is 5.56 Å². The molecule has 1 aliphatic rings. The number of rotatable bonds is 5. The largest absolute Gasteiger partial charge is 0.377 e. The third kappa shape index (κ3) is 5.74. The van der Waals surface area contributed by atoms with Crippen LogP contribution in [-0.4, -0.2) is 37.2 Å². The van der Waals surface area contributed by atoms with Crippen molar-refractivity contribution < 1.29 is 9.53 Å². The Morgan fingerprint density at radius 3 is 2.48 bits per heavy atom. The van der Waals surface area contributed by atoms with Gasteiger partial charge in [0.2, 0.25) is 0 Å². The Morgan fingerprint density at radius 1 is 1.24 bits per heavy atom. The first-order valence-electron chi connectivity index (χ1n) is 9.49. The number of nitrogens with one attached hydrogen (secondary N) is 1. The number of urea groups is 1. The summed E-state index contributed by atoms with van der Waals surface area (Å²) in [4.78, 5) is 14.2. The van der Waals surface area contributed by atoms with Crippen LogP contribution in [0.25, 0.3) is 0 Å². The molecule has 1 N–H and O–H groups in total. The Hall–Kier alpha value is -1.55. The van der Waals surface area contributed by atoms with Crippen molar-refractivity contribution in [3.8, 4) is 0 Å². The minimum atomic E-state index is -0.0159. The molecule has 4 nitrogen and oxygen atoms in total. The third-order valence-electron chi connectivity index (χ3n) is 5.01. The summed E-state index contributed by atoms with van der Waals surface area (Å²) < 4.78 is 6.00. The van der Waals surface area contributed by atoms with E-state index < -0.39 is 0 Å². The van der Waals surface area contributed by atoms with Crippen molar-refractivity contribution in [1.82, 2.24) is 10.2 Å². The molecular formula is C21H34N2O2. The van der Waals surface area contributed by atoms with E-state index in [0.29, 0.717) is 19.0 Å². The predicted molar refractivity (Wildman–Crippen MR) is 103 cm³/mol. The number of hydrogen-bond donors (Lipinski definition) is 1. The van der Waals surface area contributed by atoms with Gasteiger partial charge in [-0.05, 0) is 35.8 Å². The van der Waals surface area contributed by atoms with Gasteiger partial charge >= 0.3 is 6.03 Å². The highest BCUT2D eigenvalue weighted by atomic mass is 16.5. The summed E-state index contributed by atoms with van der Waals surface area (Å²) in [6, 6.07) is 8.46. The minimum Gasteiger partial charge on any atom is -0.377 e. The molecule has 1 aromatic rings. The second kappa shape index (κ2) is 8.70. The zero-order valence-electron chi connectivity index (χ0n) is 16.5. The van der Waals surface area contributed by atoms with Gasteiger partial charge in [-0.2, -0.15) is 0 Å². The van der Waals surface area contributed by atoms with Gasteiger partial charge in [0.15, 0.2) is 0 Å². The topological polar surface area (TPSA) is 41.6 Å². The number of aryl methyl sites for hydroxylation is 1. The normalized spacial score (nSPS) is 21.0. The summed E-state index contributed by atoms with van der Waals surface area (Å²) in [5.41, 5.74) is 2.58. The van der Waals surface area contributed by atoms with Crippen LogP contribution in [0.5, 0.6) is 0 Å². The minimum absolute atomic E-state index is 0.0159. The Kier molecular flexibility index (Phi) is 6.88. The molecule has 1 fully saturated rings. The summed E-state index contributed by atoms with van der Waals surface area (Å²) in [5.74, 6) is 0.384. The van der Waals surface area contributed by atoms with E-state index in [-0.39, 0.29) is 17.6 Å². The van der Waals surface area contributed by atoms with Crippen LogP contribution in [0.15, 0.2) is 24.3 Å². The number of carbonyl (C=O) groups excluding carboxylic acids is 1. The average Bonchev–Trinajstić information content (AvgIpc) is 2.59. The molecule has 1 aromatic carbocycles. The molecule has 0 bridgehead atoms. The number of hydrogen-bond acceptors (Lipinski definition) is 2. The quantitative estimate of drug-likeness (QED) is 0.867. The van der Waals surface area contributed by atoms with Crippen molar-refractivity contribution >= 4 is 6.03 Å². The number of nitrogens with zero attached hydrogens (tertiary/aromatic N) is 1. The Bertz CT molecular complexity index is 548. The van der Waals surface area contributed by atoms with Crippen LogP contribution < -0.4 is 5.32 Å². The van der Waals surface area contributed by atoms with Crippen LogP contribution >= 0.6 is 0 Å². The van der Waals surface area contributed by atoms with Crippen LogP contribution in [-0.2, 0) is 17.7 Å². The Balaban J connectivity index is 1.85. The summed E-state index contributed by atoms with van der Waals surface area (Å²) in [5, 5.41) is 3.10. The molecule has 1 heterocycles. The molecule has 0 aliphatic carbocycles. The molecule has 1 aliphatic heterocycles. The molecule has 2 unspecified atom stereocenters. The van der Waals surface area contributed by atoms with Crippen molar-refractivity contribution in [2.75, 3.05) is 20.2 Å². The molecule has 4 heteroatoms. The molecule has 0 radical (unpaired) electrons. The van der Waals surface area contributed by atoms with Gasteiger partial charge in [0.25, 0.3) is 0 Å². The number of ether oxygens (including phenoxy) is 1. The molecule has 2 rings (SSSR count). The highest BCUT2D eigenvalue weighted by Crippen LogP contribution is 2.33. The van der Waals surface area contributed by atoms with Crippen molar-refractivity contribution in [1.29, 1.82) is 0 Å². The fraction of sp³-hybridized carbons (Fsp3) is 0.667. The van der Waals surface area contributed by atoms with Crippen LogP contribution in [0.4, 0.5) is 4.79 Å². The highest BCUT2D eigenvalue weighted by Gasteiger charge is 2.35. The van der Waals surface area contributed by atoms with Gasteiger partial charge in [-0.25, -0.2) is 4.79 Å². The van der Waals surface area contributed by atoms with Gasteiger partial charge in [0, 0.05) is 32.7 Å². The van der Waals surface area contributed by atoms with E-state index in [4.69, 9.17) is 4.74 Å². The first kappa shape index (κ1) is 19.8. The molecule has 0 spiro atoms. The summed E-state index contributed by atoms with van der Waals surface area (Å²) >= 11 is 0. The van der Waals surface area contributed by atoms with Crippen molar-refractivity contribution in [2.24, 2.45) is 11.3 Å². The Morgan fingerprint density at radius 2 is 1.88 bits per heavy atom. The van der Waals surface area contributed by atoms with Crippen LogP contribution in [0, 0.1) is 11.3 Å². The first-order valence-corrected chi connectivity index (χ1v) is 9.49. The Labute approximate surface area is 152 Å². The summed E-state index contributed by atoms with van der Waals surface area (Å²) in [6.07, 6.45) is 3.43. The maximum absolute atomic E-state index is 12.4. The van der Waals surface area contributed by atoms with Gasteiger partial charge in [0.1, 0.15) is 0 Å². The molecule has 140 valence electrons. The fourth-order valence-electron chi connectivity index (χ4n) is 3.59. The van der Waals surface area contributed by atoms with E-state index in [2.05, 4.69) is 57.3 Å². The summed E-state index contributed by atoms with van der Waals surface area (Å²) in [7, 11) is 1.85. The van der Waals surface area contributed by atoms with Crippen LogP contribution in [0.1, 0.15) is 51.7 Å². The van der Waals surface area contributed by atoms with E-state index >= 15 is 0 Å². The molecular weight excluding hydrogens is 312 g/mol. The van der Waals surface area contributed by atoms with Gasteiger partial charge < -0.3 is 15.0 Å². The zero-order valence-corrected chi connectivity index (χ0v) is 16.5. The fourth-order valence-corrected chi connectivity index (χ4v) is 3.59. The third-order valence-corrected chi connectivity index (χ3v) is 5.01. The maximum atomic E-state index is 12.4. The first-order chi connectivity index (χ1) is 11.8. The van der Waals surface area contributed by atoms with Gasteiger partial charge in [-0.3, -0.25) is 0 Å². The summed E-state index contributed by atoms with van der Waals surface area (Å²) in [6.45, 7) is 10.9. The van der Waals surface area contributed by atoms with Gasteiger partial charge in [-0.1, -0.05) is 52.0 Å². The average molecular weight is 347 g/mol. The van der Waals surface area contributed by atoms with E-state index in [9.17, 15) is 4.79 Å². The lowest BCUT2D eigenvalue weighted by atomic mass is 9.78. The SMILES string of the molecule is CCc1ccc(CN(C)C(=O)NCC2CCCOC2C(C)(C)C)cc1. The van der Waals surface area contributed by atoms with E-state index in [1.807, 2.05) is 7.05 Å². The number of amides is 2. The predicted octanol–water partition coefficient (Wildman–Crippen LogP) is 4.23. The molecule has 2 atom stereocenters. The lowest BCUT2D eigenvalue weighted by molar-refractivity contribution is -0.0839. The van der Waals surface area contributed by atoms with Gasteiger partial charge in [0.05, 0.1) is 6.10 Å². The standard InChI is InChI=1S/C21H34N2O2/c1-6-16-9-11-17(12-10-16)15-23(5)20(24)22-14-18-8-7-13-25-19(18)21(2,3)4/h9-12,18-19H,6-8,13-15H2,1-5H3,(H,22,24). The van der Waals surface area contributed by atoms with Crippen molar-refractivity contribution in [2.45, 2.75) is 59.6 Å². The lowest BCUT2D eigenvalue weighted by Crippen LogP contribution is -2.47. The molecule has 0 aromatic heterocycles. The molecule has 1 saturated heterocycles. The van der Waals surface area contributed by atoms with E-state index in [1.54, 1.807) is 4.90 Å². The highest BCUT2D eigenvalue weighted by molar-refractivity contribution is 5.73. The molecule has 25 heavy (non-hydrogen) atoms. The number of carbonyl (C=O) groups is 1. The van der Waals surface area contributed by atoms with E-state index in [0.717, 1.165) is 31.4 Å². The van der Waals surface area contributed by atoms with Crippen molar-refractivity contribution in [3.63, 3.8) is 0 Å². The molecule has 2 amide bonds. The second-order valence-corrected chi connectivity index (χ2v) is 8.27. The van der Waals surface area contributed by atoms with Crippen LogP contribution in [0.2, 0.25) is 0 Å². The molecule has 0 saturated carbocycles. The smallest absolute Gasteiger partial charge is 0.317 e. The lowest BCUT2D eigenvalue weighted by Gasteiger charge is -2.40. The second-order valence-electron chi connectivity index (χ2n) is 8.27. The van der Waals surface area contributed by atoms with Gasteiger partial charge in [-0.15, -0.1) is 0 Å². The van der Waals surface area contributed by atoms with Crippen LogP contribution in [0.3, 0.4) is 0 Å². The van der Waals surface area contributed by atoms with Crippen molar-refractivity contribution in [3.05, 3.63) is 35.4 Å². The monoisotopic (exact) mass is 346 g/mol. The maximum Gasteiger partial charge on any atom is 0.317 e. The number of benzene rings is 1. The zero-order chi connectivity index (χ0) is 18.4.